The number of esters is 1. The highest BCUT2D eigenvalue weighted by Crippen LogP contribution is 2.31. The second-order valence-electron chi connectivity index (χ2n) is 7.58. The van der Waals surface area contributed by atoms with Crippen LogP contribution in [0, 0.1) is 0 Å². The quantitative estimate of drug-likeness (QED) is 0.789. The molecule has 1 unspecified atom stereocenters. The van der Waals surface area contributed by atoms with Gasteiger partial charge in [0.1, 0.15) is 0 Å². The summed E-state index contributed by atoms with van der Waals surface area (Å²) in [6, 6.07) is 12.4. The Morgan fingerprint density at radius 2 is 1.64 bits per heavy atom. The third kappa shape index (κ3) is 4.06. The van der Waals surface area contributed by atoms with Crippen LogP contribution in [-0.4, -0.2) is 23.4 Å². The second kappa shape index (κ2) is 7.46. The highest BCUT2D eigenvalue weighted by molar-refractivity contribution is 6.02. The lowest BCUT2D eigenvalue weighted by Gasteiger charge is -2.33. The average molecular weight is 380 g/mol. The number of amides is 2. The Morgan fingerprint density at radius 3 is 2.21 bits per heavy atom. The van der Waals surface area contributed by atoms with Crippen LogP contribution in [-0.2, 0) is 20.7 Å². The zero-order valence-corrected chi connectivity index (χ0v) is 16.5. The van der Waals surface area contributed by atoms with E-state index in [1.165, 1.54) is 6.92 Å². The molecular formula is C22H24N2O4. The van der Waals surface area contributed by atoms with E-state index in [2.05, 4.69) is 24.5 Å². The standard InChI is InChI=1S/C22H24N2O4/c1-13(2)15-5-10-19-16(11-15)12-22(4,28-20(19)26)21(27)24-18-8-6-17(7-9-18)23-14(3)25/h5-11,13H,12H2,1-4H3,(H,23,25)(H,24,27). The number of cyclic esters (lactones) is 1. The van der Waals surface area contributed by atoms with Crippen LogP contribution in [0.3, 0.4) is 0 Å². The topological polar surface area (TPSA) is 84.5 Å². The Balaban J connectivity index is 1.79. The molecule has 0 spiro atoms. The number of carbonyl (C=O) groups is 3. The predicted octanol–water partition coefficient (Wildman–Crippen LogP) is 3.88. The zero-order valence-electron chi connectivity index (χ0n) is 16.5. The summed E-state index contributed by atoms with van der Waals surface area (Å²) in [6.45, 7) is 7.21. The maximum atomic E-state index is 12.9. The summed E-state index contributed by atoms with van der Waals surface area (Å²) in [5.41, 5.74) is 2.34. The number of anilines is 2. The predicted molar refractivity (Wildman–Crippen MR) is 107 cm³/mol. The van der Waals surface area contributed by atoms with Crippen molar-refractivity contribution < 1.29 is 19.1 Å². The van der Waals surface area contributed by atoms with Gasteiger partial charge in [-0.15, -0.1) is 0 Å². The molecule has 2 aromatic rings. The minimum absolute atomic E-state index is 0.169. The van der Waals surface area contributed by atoms with Crippen molar-refractivity contribution in [1.82, 2.24) is 0 Å². The highest BCUT2D eigenvalue weighted by Gasteiger charge is 2.42. The maximum absolute atomic E-state index is 12.9. The molecule has 0 aromatic heterocycles. The first-order chi connectivity index (χ1) is 13.2. The van der Waals surface area contributed by atoms with E-state index in [4.69, 9.17) is 4.74 Å². The van der Waals surface area contributed by atoms with Gasteiger partial charge in [0.05, 0.1) is 5.56 Å². The molecule has 2 amide bonds. The molecule has 6 heteroatoms. The van der Waals surface area contributed by atoms with E-state index in [-0.39, 0.29) is 5.91 Å². The number of hydrogen-bond acceptors (Lipinski definition) is 4. The van der Waals surface area contributed by atoms with Crippen LogP contribution in [0.2, 0.25) is 0 Å². The first-order valence-electron chi connectivity index (χ1n) is 9.23. The molecular weight excluding hydrogens is 356 g/mol. The van der Waals surface area contributed by atoms with Crippen LogP contribution in [0.1, 0.15) is 55.1 Å². The van der Waals surface area contributed by atoms with Gasteiger partial charge in [-0.1, -0.05) is 26.0 Å². The summed E-state index contributed by atoms with van der Waals surface area (Å²) in [7, 11) is 0. The smallest absolute Gasteiger partial charge is 0.339 e. The lowest BCUT2D eigenvalue weighted by molar-refractivity contribution is -0.134. The Bertz CT molecular complexity index is 934. The fourth-order valence-electron chi connectivity index (χ4n) is 3.21. The van der Waals surface area contributed by atoms with Crippen molar-refractivity contribution in [3.63, 3.8) is 0 Å². The van der Waals surface area contributed by atoms with Gasteiger partial charge < -0.3 is 15.4 Å². The molecule has 146 valence electrons. The van der Waals surface area contributed by atoms with Gasteiger partial charge in [0.25, 0.3) is 5.91 Å². The molecule has 0 aliphatic carbocycles. The van der Waals surface area contributed by atoms with Crippen LogP contribution in [0.15, 0.2) is 42.5 Å². The minimum atomic E-state index is -1.30. The first kappa shape index (κ1) is 19.6. The molecule has 1 aliphatic heterocycles. The van der Waals surface area contributed by atoms with Gasteiger partial charge in [-0.3, -0.25) is 9.59 Å². The van der Waals surface area contributed by atoms with Crippen LogP contribution in [0.4, 0.5) is 11.4 Å². The van der Waals surface area contributed by atoms with Crippen molar-refractivity contribution in [3.8, 4) is 0 Å². The van der Waals surface area contributed by atoms with E-state index in [0.29, 0.717) is 29.3 Å². The Hall–Kier alpha value is -3.15. The summed E-state index contributed by atoms with van der Waals surface area (Å²) in [4.78, 5) is 36.4. The third-order valence-electron chi connectivity index (χ3n) is 4.81. The summed E-state index contributed by atoms with van der Waals surface area (Å²) < 4.78 is 5.50. The number of fused-ring (bicyclic) bond motifs is 1. The lowest BCUT2D eigenvalue weighted by Crippen LogP contribution is -2.49. The van der Waals surface area contributed by atoms with E-state index in [9.17, 15) is 14.4 Å². The van der Waals surface area contributed by atoms with Gasteiger partial charge in [0.2, 0.25) is 5.91 Å². The molecule has 1 atom stereocenters. The highest BCUT2D eigenvalue weighted by atomic mass is 16.6. The van der Waals surface area contributed by atoms with Crippen molar-refractivity contribution in [2.45, 2.75) is 45.6 Å². The Morgan fingerprint density at radius 1 is 1.04 bits per heavy atom. The van der Waals surface area contributed by atoms with Crippen LogP contribution in [0.5, 0.6) is 0 Å². The van der Waals surface area contributed by atoms with Gasteiger partial charge in [-0.25, -0.2) is 4.79 Å². The zero-order chi connectivity index (χ0) is 20.5. The Labute approximate surface area is 164 Å². The fraction of sp³-hybridized carbons (Fsp3) is 0.318. The summed E-state index contributed by atoms with van der Waals surface area (Å²) in [5.74, 6) is -0.729. The van der Waals surface area contributed by atoms with E-state index in [1.807, 2.05) is 12.1 Å². The van der Waals surface area contributed by atoms with Crippen LogP contribution < -0.4 is 10.6 Å². The van der Waals surface area contributed by atoms with Gasteiger partial charge >= 0.3 is 5.97 Å². The van der Waals surface area contributed by atoms with E-state index >= 15 is 0 Å². The molecule has 0 radical (unpaired) electrons. The lowest BCUT2D eigenvalue weighted by atomic mass is 9.86. The largest absolute Gasteiger partial charge is 0.445 e. The summed E-state index contributed by atoms with van der Waals surface area (Å²) in [6.07, 6.45) is 0.310. The maximum Gasteiger partial charge on any atom is 0.339 e. The molecule has 28 heavy (non-hydrogen) atoms. The summed E-state index contributed by atoms with van der Waals surface area (Å²) in [5, 5.41) is 5.46. The number of benzene rings is 2. The molecule has 2 N–H and O–H groups in total. The second-order valence-corrected chi connectivity index (χ2v) is 7.58. The van der Waals surface area contributed by atoms with Crippen molar-refractivity contribution in [1.29, 1.82) is 0 Å². The van der Waals surface area contributed by atoms with Crippen molar-refractivity contribution in [2.24, 2.45) is 0 Å². The number of ether oxygens (including phenoxy) is 1. The van der Waals surface area contributed by atoms with Crippen LogP contribution >= 0.6 is 0 Å². The van der Waals surface area contributed by atoms with Gasteiger partial charge in [0, 0.05) is 24.7 Å². The molecule has 1 aliphatic rings. The molecule has 0 bridgehead atoms. The van der Waals surface area contributed by atoms with Crippen molar-refractivity contribution >= 4 is 29.2 Å². The van der Waals surface area contributed by atoms with Gasteiger partial charge in [-0.2, -0.15) is 0 Å². The van der Waals surface area contributed by atoms with Crippen molar-refractivity contribution in [2.75, 3.05) is 10.6 Å². The first-order valence-corrected chi connectivity index (χ1v) is 9.23. The van der Waals surface area contributed by atoms with Crippen LogP contribution in [0.25, 0.3) is 0 Å². The number of hydrogen-bond donors (Lipinski definition) is 2. The number of carbonyl (C=O) groups excluding carboxylic acids is 3. The Kier molecular flexibility index (Phi) is 5.23. The van der Waals surface area contributed by atoms with E-state index < -0.39 is 17.5 Å². The third-order valence-corrected chi connectivity index (χ3v) is 4.81. The molecule has 0 saturated heterocycles. The molecule has 0 saturated carbocycles. The fourth-order valence-corrected chi connectivity index (χ4v) is 3.21. The van der Waals surface area contributed by atoms with Crippen molar-refractivity contribution in [3.05, 3.63) is 59.2 Å². The number of nitrogens with one attached hydrogen (secondary N) is 2. The molecule has 3 rings (SSSR count). The number of rotatable bonds is 4. The SMILES string of the molecule is CC(=O)Nc1ccc(NC(=O)C2(C)Cc3cc(C(C)C)ccc3C(=O)O2)cc1. The molecule has 0 fully saturated rings. The van der Waals surface area contributed by atoms with E-state index in [1.54, 1.807) is 37.3 Å². The monoisotopic (exact) mass is 380 g/mol. The molecule has 6 nitrogen and oxygen atoms in total. The normalized spacial score (nSPS) is 18.2. The molecule has 2 aromatic carbocycles. The van der Waals surface area contributed by atoms with E-state index in [0.717, 1.165) is 11.1 Å². The van der Waals surface area contributed by atoms with Gasteiger partial charge in [-0.05, 0) is 54.3 Å². The summed E-state index contributed by atoms with van der Waals surface area (Å²) >= 11 is 0. The molecule has 1 heterocycles. The minimum Gasteiger partial charge on any atom is -0.445 e. The average Bonchev–Trinajstić information content (AvgIpc) is 2.62. The van der Waals surface area contributed by atoms with Gasteiger partial charge in [0.15, 0.2) is 5.60 Å².